The summed E-state index contributed by atoms with van der Waals surface area (Å²) in [5.41, 5.74) is -5.21. The van der Waals surface area contributed by atoms with Crippen molar-refractivity contribution in [1.82, 2.24) is 4.72 Å². The molecule has 0 unspecified atom stereocenters. The van der Waals surface area contributed by atoms with Crippen LogP contribution >= 0.6 is 0 Å². The molecule has 2 N–H and O–H groups in total. The average Bonchev–Trinajstić information content (AvgIpc) is 2.59. The van der Waals surface area contributed by atoms with Gasteiger partial charge in [-0.3, -0.25) is 0 Å². The maximum Gasteiger partial charge on any atom is 0.501 e. The summed E-state index contributed by atoms with van der Waals surface area (Å²) in [6.07, 6.45) is 0. The third-order valence-electron chi connectivity index (χ3n) is 3.44. The molecule has 0 aromatic heterocycles. The Morgan fingerprint density at radius 3 is 2.23 bits per heavy atom. The molecule has 0 saturated heterocycles. The Kier molecular flexibility index (Phi) is 5.64. The molecular formula is C15H15F3N2O4S2. The van der Waals surface area contributed by atoms with Gasteiger partial charge in [0.05, 0.1) is 15.5 Å². The number of anilines is 1. The standard InChI is InChI=1S/C15H15F3N2O4S2/c1-19-26(23,24)12-6-4-5-11(9-12)10-20-13-7-2-3-8-14(13)25(21,22)15(16,17)18/h2-9,19-20H,10H2,1H3. The molecule has 0 radical (unpaired) electrons. The minimum atomic E-state index is -5.52. The van der Waals surface area contributed by atoms with E-state index in [-0.39, 0.29) is 17.1 Å². The molecule has 2 rings (SSSR count). The third-order valence-corrected chi connectivity index (χ3v) is 6.40. The van der Waals surface area contributed by atoms with Gasteiger partial charge >= 0.3 is 5.51 Å². The molecule has 11 heteroatoms. The zero-order valence-electron chi connectivity index (χ0n) is 13.4. The molecule has 142 valence electrons. The van der Waals surface area contributed by atoms with Gasteiger partial charge in [-0.15, -0.1) is 0 Å². The Labute approximate surface area is 149 Å². The Balaban J connectivity index is 2.32. The van der Waals surface area contributed by atoms with E-state index < -0.39 is 30.3 Å². The van der Waals surface area contributed by atoms with Gasteiger partial charge in [-0.05, 0) is 36.9 Å². The number of hydrogen-bond acceptors (Lipinski definition) is 5. The van der Waals surface area contributed by atoms with Crippen molar-refractivity contribution in [2.45, 2.75) is 21.8 Å². The predicted octanol–water partition coefficient (Wildman–Crippen LogP) is 2.50. The predicted molar refractivity (Wildman–Crippen MR) is 89.7 cm³/mol. The van der Waals surface area contributed by atoms with E-state index in [2.05, 4.69) is 10.0 Å². The SMILES string of the molecule is CNS(=O)(=O)c1cccc(CNc2ccccc2S(=O)(=O)C(F)(F)F)c1. The first-order chi connectivity index (χ1) is 12.0. The van der Waals surface area contributed by atoms with Gasteiger partial charge in [-0.1, -0.05) is 24.3 Å². The van der Waals surface area contributed by atoms with Crippen molar-refractivity contribution >= 4 is 25.5 Å². The van der Waals surface area contributed by atoms with E-state index in [1.807, 2.05) is 0 Å². The van der Waals surface area contributed by atoms with Crippen LogP contribution < -0.4 is 10.0 Å². The van der Waals surface area contributed by atoms with Crippen molar-refractivity contribution in [3.63, 3.8) is 0 Å². The van der Waals surface area contributed by atoms with E-state index in [0.29, 0.717) is 5.56 Å². The molecule has 0 spiro atoms. The number of sulfonamides is 1. The van der Waals surface area contributed by atoms with Crippen molar-refractivity contribution in [2.24, 2.45) is 0 Å². The highest BCUT2D eigenvalue weighted by Crippen LogP contribution is 2.34. The smallest absolute Gasteiger partial charge is 0.380 e. The maximum atomic E-state index is 12.8. The number of halogens is 3. The highest BCUT2D eigenvalue weighted by molar-refractivity contribution is 7.92. The van der Waals surface area contributed by atoms with E-state index in [4.69, 9.17) is 0 Å². The van der Waals surface area contributed by atoms with Crippen LogP contribution in [-0.4, -0.2) is 29.4 Å². The third kappa shape index (κ3) is 4.17. The van der Waals surface area contributed by atoms with E-state index in [1.165, 1.54) is 43.4 Å². The normalized spacial score (nSPS) is 12.8. The van der Waals surface area contributed by atoms with E-state index in [0.717, 1.165) is 6.07 Å². The molecule has 0 atom stereocenters. The fourth-order valence-electron chi connectivity index (χ4n) is 2.11. The largest absolute Gasteiger partial charge is 0.501 e. The van der Waals surface area contributed by atoms with Crippen LogP contribution in [0.5, 0.6) is 0 Å². The molecule has 0 bridgehead atoms. The van der Waals surface area contributed by atoms with Crippen LogP contribution in [0.2, 0.25) is 0 Å². The molecule has 6 nitrogen and oxygen atoms in total. The first-order valence-corrected chi connectivity index (χ1v) is 10.1. The van der Waals surface area contributed by atoms with Gasteiger partial charge < -0.3 is 5.32 Å². The molecule has 0 amide bonds. The lowest BCUT2D eigenvalue weighted by Gasteiger charge is -2.14. The number of hydrogen-bond donors (Lipinski definition) is 2. The summed E-state index contributed by atoms with van der Waals surface area (Å²) >= 11 is 0. The summed E-state index contributed by atoms with van der Waals surface area (Å²) in [6.45, 7) is -0.0720. The van der Waals surface area contributed by atoms with Gasteiger partial charge in [0.2, 0.25) is 10.0 Å². The molecule has 0 heterocycles. The van der Waals surface area contributed by atoms with Crippen LogP contribution in [0.4, 0.5) is 18.9 Å². The van der Waals surface area contributed by atoms with Gasteiger partial charge in [-0.2, -0.15) is 13.2 Å². The molecule has 0 fully saturated rings. The fourth-order valence-corrected chi connectivity index (χ4v) is 3.85. The molecule has 0 aliphatic heterocycles. The zero-order valence-corrected chi connectivity index (χ0v) is 15.0. The summed E-state index contributed by atoms with van der Waals surface area (Å²) in [7, 11) is -7.94. The summed E-state index contributed by atoms with van der Waals surface area (Å²) in [4.78, 5) is -0.915. The lowest BCUT2D eigenvalue weighted by atomic mass is 10.2. The van der Waals surface area contributed by atoms with Crippen LogP contribution in [-0.2, 0) is 26.4 Å². The quantitative estimate of drug-likeness (QED) is 0.766. The Bertz CT molecular complexity index is 1000. The van der Waals surface area contributed by atoms with Crippen molar-refractivity contribution in [3.8, 4) is 0 Å². The Morgan fingerprint density at radius 2 is 1.62 bits per heavy atom. The molecular weight excluding hydrogens is 393 g/mol. The lowest BCUT2D eigenvalue weighted by Crippen LogP contribution is -2.24. The number of sulfone groups is 1. The highest BCUT2D eigenvalue weighted by atomic mass is 32.2. The van der Waals surface area contributed by atoms with Crippen molar-refractivity contribution in [2.75, 3.05) is 12.4 Å². The minimum Gasteiger partial charge on any atom is -0.380 e. The second kappa shape index (κ2) is 7.25. The fraction of sp³-hybridized carbons (Fsp3) is 0.200. The highest BCUT2D eigenvalue weighted by Gasteiger charge is 2.47. The number of benzene rings is 2. The summed E-state index contributed by atoms with van der Waals surface area (Å²) in [5, 5.41) is 2.61. The molecule has 0 aliphatic rings. The van der Waals surface area contributed by atoms with Crippen LogP contribution in [0, 0.1) is 0 Å². The monoisotopic (exact) mass is 408 g/mol. The van der Waals surface area contributed by atoms with Crippen LogP contribution in [0.3, 0.4) is 0 Å². The molecule has 26 heavy (non-hydrogen) atoms. The van der Waals surface area contributed by atoms with Crippen LogP contribution in [0.25, 0.3) is 0 Å². The number of nitrogens with one attached hydrogen (secondary N) is 2. The maximum absolute atomic E-state index is 12.8. The second-order valence-corrected chi connectivity index (χ2v) is 8.95. The number of para-hydroxylation sites is 1. The van der Waals surface area contributed by atoms with Crippen molar-refractivity contribution in [3.05, 3.63) is 54.1 Å². The molecule has 0 saturated carbocycles. The summed E-state index contributed by atoms with van der Waals surface area (Å²) in [5.74, 6) is 0. The lowest BCUT2D eigenvalue weighted by molar-refractivity contribution is -0.0435. The van der Waals surface area contributed by atoms with E-state index in [1.54, 1.807) is 6.07 Å². The Hall–Kier alpha value is -2.11. The van der Waals surface area contributed by atoms with Crippen molar-refractivity contribution in [1.29, 1.82) is 0 Å². The number of rotatable bonds is 6. The molecule has 2 aromatic carbocycles. The van der Waals surface area contributed by atoms with Gasteiger partial charge in [-0.25, -0.2) is 21.6 Å². The first kappa shape index (κ1) is 20.2. The average molecular weight is 408 g/mol. The summed E-state index contributed by atoms with van der Waals surface area (Å²) < 4.78 is 87.4. The molecule has 0 aliphatic carbocycles. The first-order valence-electron chi connectivity index (χ1n) is 7.16. The zero-order chi connectivity index (χ0) is 19.6. The molecule has 2 aromatic rings. The van der Waals surface area contributed by atoms with Gasteiger partial charge in [0.1, 0.15) is 0 Å². The van der Waals surface area contributed by atoms with Gasteiger partial charge in [0.15, 0.2) is 0 Å². The van der Waals surface area contributed by atoms with Crippen molar-refractivity contribution < 1.29 is 30.0 Å². The topological polar surface area (TPSA) is 92.3 Å². The van der Waals surface area contributed by atoms with Gasteiger partial charge in [0.25, 0.3) is 9.84 Å². The van der Waals surface area contributed by atoms with E-state index >= 15 is 0 Å². The minimum absolute atomic E-state index is 0.0181. The van der Waals surface area contributed by atoms with Gasteiger partial charge in [0, 0.05) is 6.54 Å². The van der Waals surface area contributed by atoms with Crippen LogP contribution in [0.1, 0.15) is 5.56 Å². The van der Waals surface area contributed by atoms with Crippen LogP contribution in [0.15, 0.2) is 58.3 Å². The second-order valence-electron chi connectivity index (χ2n) is 5.15. The van der Waals surface area contributed by atoms with E-state index in [9.17, 15) is 30.0 Å². The Morgan fingerprint density at radius 1 is 0.962 bits per heavy atom. The number of alkyl halides is 3. The summed E-state index contributed by atoms with van der Waals surface area (Å²) in [6, 6.07) is 10.3.